The summed E-state index contributed by atoms with van der Waals surface area (Å²) < 4.78 is 54.8. The number of anilines is 2. The molecule has 9 heteroatoms. The number of hydrogen-bond acceptors (Lipinski definition) is 4. The molecule has 0 aromatic carbocycles. The number of hydrogen-bond donors (Lipinski definition) is 1. The van der Waals surface area contributed by atoms with Crippen LogP contribution in [-0.4, -0.2) is 49.5 Å². The Morgan fingerprint density at radius 3 is 2.52 bits per heavy atom. The number of amides is 1. The van der Waals surface area contributed by atoms with Gasteiger partial charge in [-0.05, 0) is 12.1 Å². The van der Waals surface area contributed by atoms with E-state index in [1.807, 2.05) is 4.90 Å². The lowest BCUT2D eigenvalue weighted by Gasteiger charge is -2.27. The highest BCUT2D eigenvalue weighted by Gasteiger charge is 2.48. The van der Waals surface area contributed by atoms with Crippen LogP contribution in [0.5, 0.6) is 0 Å². The lowest BCUT2D eigenvalue weighted by atomic mass is 10.3. The molecule has 5 nitrogen and oxygen atoms in total. The summed E-state index contributed by atoms with van der Waals surface area (Å²) in [4.78, 5) is 17.0. The highest BCUT2D eigenvalue weighted by atomic mass is 19.3. The van der Waals surface area contributed by atoms with Gasteiger partial charge >= 0.3 is 18.3 Å². The van der Waals surface area contributed by atoms with Gasteiger partial charge in [-0.25, -0.2) is 13.8 Å². The van der Waals surface area contributed by atoms with E-state index in [4.69, 9.17) is 4.74 Å². The van der Waals surface area contributed by atoms with Crippen molar-refractivity contribution in [2.24, 2.45) is 0 Å². The Hall–Kier alpha value is -1.90. The topological polar surface area (TPSA) is 54.5 Å². The number of alkyl halides is 4. The molecule has 1 aromatic rings. The minimum Gasteiger partial charge on any atom is -0.378 e. The fourth-order valence-corrected chi connectivity index (χ4v) is 1.75. The largest absolute Gasteiger partial charge is 0.383 e. The molecule has 0 spiro atoms. The monoisotopic (exact) mass is 307 g/mol. The Labute approximate surface area is 117 Å². The maximum Gasteiger partial charge on any atom is 0.383 e. The molecule has 0 atom stereocenters. The Morgan fingerprint density at radius 1 is 1.33 bits per heavy atom. The van der Waals surface area contributed by atoms with Gasteiger partial charge in [-0.15, -0.1) is 0 Å². The third-order valence-electron chi connectivity index (χ3n) is 2.92. The molecule has 1 saturated heterocycles. The number of morpholine rings is 1. The normalized spacial score (nSPS) is 16.1. The minimum absolute atomic E-state index is 0.0719. The molecule has 0 bridgehead atoms. The number of nitrogens with one attached hydrogen (secondary N) is 1. The first-order valence-corrected chi connectivity index (χ1v) is 6.17. The smallest absolute Gasteiger partial charge is 0.378 e. The molecule has 1 aliphatic rings. The first-order valence-electron chi connectivity index (χ1n) is 6.17. The molecule has 2 rings (SSSR count). The van der Waals surface area contributed by atoms with Gasteiger partial charge in [0.05, 0.1) is 25.1 Å². The Balaban J connectivity index is 2.00. The van der Waals surface area contributed by atoms with Gasteiger partial charge < -0.3 is 15.0 Å². The third-order valence-corrected chi connectivity index (χ3v) is 2.92. The van der Waals surface area contributed by atoms with Crippen LogP contribution in [0, 0.1) is 0 Å². The molecular formula is C12H13F4N3O2. The predicted molar refractivity (Wildman–Crippen MR) is 66.8 cm³/mol. The van der Waals surface area contributed by atoms with Crippen molar-refractivity contribution >= 4 is 17.4 Å². The van der Waals surface area contributed by atoms with E-state index >= 15 is 0 Å². The van der Waals surface area contributed by atoms with Gasteiger partial charge in [0.25, 0.3) is 0 Å². The van der Waals surface area contributed by atoms with Crippen molar-refractivity contribution in [3.05, 3.63) is 18.3 Å². The number of rotatable bonds is 4. The van der Waals surface area contributed by atoms with Crippen LogP contribution in [-0.2, 0) is 9.53 Å². The predicted octanol–water partition coefficient (Wildman–Crippen LogP) is 1.76. The van der Waals surface area contributed by atoms with E-state index in [0.717, 1.165) is 6.20 Å². The number of pyridine rings is 1. The minimum atomic E-state index is -4.73. The van der Waals surface area contributed by atoms with Crippen LogP contribution >= 0.6 is 0 Å². The van der Waals surface area contributed by atoms with Gasteiger partial charge in [-0.2, -0.15) is 8.78 Å². The van der Waals surface area contributed by atoms with Crippen molar-refractivity contribution in [3.8, 4) is 0 Å². The third kappa shape index (κ3) is 3.60. The maximum atomic E-state index is 12.8. The number of halogens is 4. The van der Waals surface area contributed by atoms with E-state index < -0.39 is 18.3 Å². The van der Waals surface area contributed by atoms with Crippen LogP contribution in [0.2, 0.25) is 0 Å². The van der Waals surface area contributed by atoms with Crippen LogP contribution in [0.15, 0.2) is 18.3 Å². The van der Waals surface area contributed by atoms with Gasteiger partial charge in [0.2, 0.25) is 0 Å². The molecule has 1 fully saturated rings. The molecule has 0 unspecified atom stereocenters. The SMILES string of the molecule is O=C(Nc1ccc(N2CCOCC2)nc1)C(F)(F)C(F)F. The average Bonchev–Trinajstić information content (AvgIpc) is 2.48. The summed E-state index contributed by atoms with van der Waals surface area (Å²) in [5.74, 6) is -6.20. The van der Waals surface area contributed by atoms with E-state index in [0.29, 0.717) is 32.1 Å². The Bertz CT molecular complexity index is 490. The summed E-state index contributed by atoms with van der Waals surface area (Å²) >= 11 is 0. The molecule has 2 heterocycles. The van der Waals surface area contributed by atoms with Gasteiger partial charge in [0, 0.05) is 13.1 Å². The highest BCUT2D eigenvalue weighted by molar-refractivity contribution is 5.96. The summed E-state index contributed by atoms with van der Waals surface area (Å²) in [6.07, 6.45) is -2.91. The second kappa shape index (κ2) is 6.25. The van der Waals surface area contributed by atoms with Crippen molar-refractivity contribution in [1.29, 1.82) is 0 Å². The quantitative estimate of drug-likeness (QED) is 0.861. The zero-order chi connectivity index (χ0) is 15.5. The van der Waals surface area contributed by atoms with Gasteiger partial charge in [-0.3, -0.25) is 4.79 Å². The van der Waals surface area contributed by atoms with Crippen molar-refractivity contribution in [3.63, 3.8) is 0 Å². The molecule has 1 N–H and O–H groups in total. The van der Waals surface area contributed by atoms with Crippen molar-refractivity contribution in [2.45, 2.75) is 12.3 Å². The number of carbonyl (C=O) groups is 1. The molecule has 0 aliphatic carbocycles. The molecule has 1 aromatic heterocycles. The fraction of sp³-hybridized carbons (Fsp3) is 0.500. The Kier molecular flexibility index (Phi) is 4.61. The van der Waals surface area contributed by atoms with Crippen LogP contribution in [0.3, 0.4) is 0 Å². The first-order chi connectivity index (χ1) is 9.91. The lowest BCUT2D eigenvalue weighted by molar-refractivity contribution is -0.163. The van der Waals surface area contributed by atoms with E-state index in [1.54, 1.807) is 5.32 Å². The molecule has 1 aliphatic heterocycles. The molecular weight excluding hydrogens is 294 g/mol. The average molecular weight is 307 g/mol. The summed E-state index contributed by atoms with van der Waals surface area (Å²) in [6, 6.07) is 2.85. The van der Waals surface area contributed by atoms with Crippen LogP contribution in [0.25, 0.3) is 0 Å². The maximum absolute atomic E-state index is 12.8. The van der Waals surface area contributed by atoms with Crippen LogP contribution < -0.4 is 10.2 Å². The highest BCUT2D eigenvalue weighted by Crippen LogP contribution is 2.25. The van der Waals surface area contributed by atoms with Gasteiger partial charge in [0.1, 0.15) is 5.82 Å². The van der Waals surface area contributed by atoms with Crippen LogP contribution in [0.1, 0.15) is 0 Å². The summed E-state index contributed by atoms with van der Waals surface area (Å²) in [5, 5.41) is 1.72. The molecule has 0 saturated carbocycles. The molecule has 116 valence electrons. The lowest BCUT2D eigenvalue weighted by Crippen LogP contribution is -2.41. The van der Waals surface area contributed by atoms with E-state index in [1.165, 1.54) is 12.1 Å². The second-order valence-electron chi connectivity index (χ2n) is 4.38. The number of nitrogens with zero attached hydrogens (tertiary/aromatic N) is 2. The molecule has 21 heavy (non-hydrogen) atoms. The van der Waals surface area contributed by atoms with E-state index in [-0.39, 0.29) is 5.69 Å². The van der Waals surface area contributed by atoms with E-state index in [2.05, 4.69) is 4.98 Å². The summed E-state index contributed by atoms with van der Waals surface area (Å²) in [7, 11) is 0. The standard InChI is InChI=1S/C12H13F4N3O2/c13-10(14)12(15,16)11(20)18-8-1-2-9(17-7-8)19-3-5-21-6-4-19/h1-2,7,10H,3-6H2,(H,18,20). The van der Waals surface area contributed by atoms with Crippen molar-refractivity contribution < 1.29 is 27.1 Å². The number of aromatic nitrogens is 1. The molecule has 0 radical (unpaired) electrons. The summed E-state index contributed by atoms with van der Waals surface area (Å²) in [6.45, 7) is 2.39. The second-order valence-corrected chi connectivity index (χ2v) is 4.38. The fourth-order valence-electron chi connectivity index (χ4n) is 1.75. The van der Waals surface area contributed by atoms with Crippen molar-refractivity contribution in [1.82, 2.24) is 4.98 Å². The Morgan fingerprint density at radius 2 is 2.00 bits per heavy atom. The molecule has 1 amide bonds. The zero-order valence-electron chi connectivity index (χ0n) is 10.9. The van der Waals surface area contributed by atoms with Gasteiger partial charge in [-0.1, -0.05) is 0 Å². The van der Waals surface area contributed by atoms with Crippen molar-refractivity contribution in [2.75, 3.05) is 36.5 Å². The first kappa shape index (κ1) is 15.5. The summed E-state index contributed by atoms with van der Waals surface area (Å²) in [5.41, 5.74) is -0.0719. The zero-order valence-corrected chi connectivity index (χ0v) is 10.9. The number of ether oxygens (including phenoxy) is 1. The van der Waals surface area contributed by atoms with E-state index in [9.17, 15) is 22.4 Å². The van der Waals surface area contributed by atoms with Crippen LogP contribution in [0.4, 0.5) is 29.1 Å². The van der Waals surface area contributed by atoms with Gasteiger partial charge in [0.15, 0.2) is 0 Å². The number of carbonyl (C=O) groups excluding carboxylic acids is 1.